The van der Waals surface area contributed by atoms with Gasteiger partial charge in [-0.25, -0.2) is 9.37 Å². The van der Waals surface area contributed by atoms with E-state index in [1.807, 2.05) is 31.1 Å². The van der Waals surface area contributed by atoms with Gasteiger partial charge in [0.05, 0.1) is 22.6 Å². The van der Waals surface area contributed by atoms with Gasteiger partial charge in [0.1, 0.15) is 11.6 Å². The number of carbonyl (C=O) groups is 2. The molecule has 7 nitrogen and oxygen atoms in total. The third-order valence-corrected chi connectivity index (χ3v) is 6.16. The minimum atomic E-state index is -0.976. The van der Waals surface area contributed by atoms with E-state index >= 15 is 0 Å². The smallest absolute Gasteiger partial charge is 0.302 e. The number of Topliss-reactive ketones (excluding diaryl/α,β-unsaturated/α-hetero) is 1. The molecule has 1 saturated heterocycles. The van der Waals surface area contributed by atoms with Crippen molar-refractivity contribution < 1.29 is 19.1 Å². The highest BCUT2D eigenvalue weighted by atomic mass is 35.5. The minimum absolute atomic E-state index is 0.0690. The molecule has 0 spiro atoms. The Kier molecular flexibility index (Phi) is 5.53. The molecule has 1 aliphatic rings. The first kappa shape index (κ1) is 22.6. The molecule has 1 aliphatic heterocycles. The van der Waals surface area contributed by atoms with E-state index in [9.17, 15) is 19.1 Å². The number of nitrogens with zero attached hydrogens (tertiary/aromatic N) is 3. The maximum Gasteiger partial charge on any atom is 0.302 e. The maximum absolute atomic E-state index is 13.8. The number of H-pyrrole nitrogens is 1. The fraction of sp³-hybridized carbons (Fsp3) is 0.115. The Balaban J connectivity index is 1.72. The van der Waals surface area contributed by atoms with Crippen LogP contribution in [-0.4, -0.2) is 40.9 Å². The Hall–Kier alpha value is -4.17. The van der Waals surface area contributed by atoms with Gasteiger partial charge in [-0.15, -0.1) is 0 Å². The lowest BCUT2D eigenvalue weighted by Crippen LogP contribution is -2.30. The molecule has 1 fully saturated rings. The number of imidazole rings is 1. The van der Waals surface area contributed by atoms with E-state index in [1.165, 1.54) is 29.2 Å². The molecular formula is C26H20ClFN4O3. The van der Waals surface area contributed by atoms with Crippen LogP contribution in [0.25, 0.3) is 16.8 Å². The molecule has 176 valence electrons. The number of aromatic amines is 1. The zero-order valence-electron chi connectivity index (χ0n) is 18.8. The summed E-state index contributed by atoms with van der Waals surface area (Å²) in [5, 5.41) is 11.6. The standard InChI is InChI=1S/C26H20ClFN4O3/c1-31(2)18-9-6-14(7-10-18)22-21(23(33)15-4-3-5-16(27)12-15)24(34)25(35)32(22)26-29-19-11-8-17(28)13-20(19)30-26/h3-13,22,33H,1-2H3,(H,29,30)/b23-21+. The van der Waals surface area contributed by atoms with E-state index < -0.39 is 23.5 Å². The van der Waals surface area contributed by atoms with Crippen molar-refractivity contribution in [1.82, 2.24) is 9.97 Å². The summed E-state index contributed by atoms with van der Waals surface area (Å²) < 4.78 is 13.8. The highest BCUT2D eigenvalue weighted by Crippen LogP contribution is 2.42. The molecule has 1 unspecified atom stereocenters. The van der Waals surface area contributed by atoms with E-state index in [0.717, 1.165) is 5.69 Å². The summed E-state index contributed by atoms with van der Waals surface area (Å²) >= 11 is 6.10. The quantitative estimate of drug-likeness (QED) is 0.237. The van der Waals surface area contributed by atoms with Gasteiger partial charge in [-0.2, -0.15) is 0 Å². The molecule has 5 rings (SSSR count). The van der Waals surface area contributed by atoms with Gasteiger partial charge in [-0.05, 0) is 48.0 Å². The van der Waals surface area contributed by atoms with Crippen molar-refractivity contribution in [2.45, 2.75) is 6.04 Å². The van der Waals surface area contributed by atoms with Crippen molar-refractivity contribution in [2.24, 2.45) is 0 Å². The number of carbonyl (C=O) groups excluding carboxylic acids is 2. The third-order valence-electron chi connectivity index (χ3n) is 5.93. The molecule has 1 amide bonds. The van der Waals surface area contributed by atoms with Crippen LogP contribution in [0, 0.1) is 5.82 Å². The Bertz CT molecular complexity index is 1510. The number of hydrogen-bond donors (Lipinski definition) is 2. The predicted octanol–water partition coefficient (Wildman–Crippen LogP) is 5.05. The van der Waals surface area contributed by atoms with Crippen molar-refractivity contribution in [2.75, 3.05) is 23.9 Å². The molecule has 0 bridgehead atoms. The van der Waals surface area contributed by atoms with Crippen molar-refractivity contribution >= 4 is 51.7 Å². The number of ketones is 1. The van der Waals surface area contributed by atoms with Crippen LogP contribution in [0.15, 0.2) is 72.3 Å². The molecule has 9 heteroatoms. The average molecular weight is 491 g/mol. The number of rotatable bonds is 4. The monoisotopic (exact) mass is 490 g/mol. The predicted molar refractivity (Wildman–Crippen MR) is 133 cm³/mol. The zero-order valence-corrected chi connectivity index (χ0v) is 19.5. The average Bonchev–Trinajstić information content (AvgIpc) is 3.36. The van der Waals surface area contributed by atoms with E-state index in [-0.39, 0.29) is 17.3 Å². The topological polar surface area (TPSA) is 89.5 Å². The molecule has 0 radical (unpaired) electrons. The fourth-order valence-electron chi connectivity index (χ4n) is 4.19. The first-order valence-corrected chi connectivity index (χ1v) is 11.1. The number of anilines is 2. The van der Waals surface area contributed by atoms with Gasteiger partial charge in [0.2, 0.25) is 5.95 Å². The van der Waals surface area contributed by atoms with Crippen LogP contribution in [0.1, 0.15) is 17.2 Å². The normalized spacial score (nSPS) is 17.4. The summed E-state index contributed by atoms with van der Waals surface area (Å²) in [5.41, 5.74) is 2.52. The van der Waals surface area contributed by atoms with Gasteiger partial charge in [0.15, 0.2) is 0 Å². The lowest BCUT2D eigenvalue weighted by molar-refractivity contribution is -0.132. The summed E-state index contributed by atoms with van der Waals surface area (Å²) in [6.45, 7) is 0. The highest BCUT2D eigenvalue weighted by molar-refractivity contribution is 6.51. The molecule has 3 aromatic carbocycles. The molecular weight excluding hydrogens is 471 g/mol. The number of halogens is 2. The number of aromatic nitrogens is 2. The third kappa shape index (κ3) is 3.91. The van der Waals surface area contributed by atoms with Gasteiger partial charge < -0.3 is 15.0 Å². The molecule has 0 saturated carbocycles. The summed E-state index contributed by atoms with van der Waals surface area (Å²) in [5.74, 6) is -2.48. The SMILES string of the molecule is CN(C)c1ccc(C2/C(=C(\O)c3cccc(Cl)c3)C(=O)C(=O)N2c2nc3ccc(F)cc3[nH]2)cc1. The minimum Gasteiger partial charge on any atom is -0.507 e. The Morgan fingerprint density at radius 2 is 1.83 bits per heavy atom. The van der Waals surface area contributed by atoms with E-state index in [0.29, 0.717) is 27.2 Å². The number of aliphatic hydroxyl groups is 1. The van der Waals surface area contributed by atoms with Crippen LogP contribution < -0.4 is 9.80 Å². The maximum atomic E-state index is 13.8. The molecule has 35 heavy (non-hydrogen) atoms. The summed E-state index contributed by atoms with van der Waals surface area (Å²) in [6, 6.07) is 16.7. The fourth-order valence-corrected chi connectivity index (χ4v) is 4.39. The van der Waals surface area contributed by atoms with Crippen molar-refractivity contribution in [3.05, 3.63) is 94.3 Å². The Morgan fingerprint density at radius 1 is 1.09 bits per heavy atom. The van der Waals surface area contributed by atoms with Crippen LogP contribution in [-0.2, 0) is 9.59 Å². The Labute approximate surface area is 205 Å². The molecule has 2 heterocycles. The lowest BCUT2D eigenvalue weighted by atomic mass is 9.95. The molecule has 1 aromatic heterocycles. The van der Waals surface area contributed by atoms with Crippen LogP contribution in [0.3, 0.4) is 0 Å². The summed E-state index contributed by atoms with van der Waals surface area (Å²) in [6.07, 6.45) is 0. The number of hydrogen-bond acceptors (Lipinski definition) is 5. The van der Waals surface area contributed by atoms with Crippen LogP contribution >= 0.6 is 11.6 Å². The largest absolute Gasteiger partial charge is 0.507 e. The van der Waals surface area contributed by atoms with Crippen molar-refractivity contribution in [1.29, 1.82) is 0 Å². The molecule has 1 atom stereocenters. The van der Waals surface area contributed by atoms with E-state index in [4.69, 9.17) is 11.6 Å². The van der Waals surface area contributed by atoms with Crippen LogP contribution in [0.2, 0.25) is 5.02 Å². The van der Waals surface area contributed by atoms with Gasteiger partial charge >= 0.3 is 5.91 Å². The second kappa shape index (κ2) is 8.56. The second-order valence-electron chi connectivity index (χ2n) is 8.39. The van der Waals surface area contributed by atoms with Gasteiger partial charge in [-0.3, -0.25) is 14.5 Å². The summed E-state index contributed by atoms with van der Waals surface area (Å²) in [7, 11) is 3.79. The lowest BCUT2D eigenvalue weighted by Gasteiger charge is -2.23. The zero-order chi connectivity index (χ0) is 24.9. The number of amides is 1. The number of nitrogens with one attached hydrogen (secondary N) is 1. The summed E-state index contributed by atoms with van der Waals surface area (Å²) in [4.78, 5) is 37.0. The van der Waals surface area contributed by atoms with E-state index in [1.54, 1.807) is 30.3 Å². The van der Waals surface area contributed by atoms with Crippen LogP contribution in [0.5, 0.6) is 0 Å². The van der Waals surface area contributed by atoms with Gasteiger partial charge in [0.25, 0.3) is 5.78 Å². The number of aliphatic hydroxyl groups excluding tert-OH is 1. The van der Waals surface area contributed by atoms with Gasteiger partial charge in [0, 0.05) is 30.4 Å². The van der Waals surface area contributed by atoms with E-state index in [2.05, 4.69) is 9.97 Å². The van der Waals surface area contributed by atoms with Crippen molar-refractivity contribution in [3.63, 3.8) is 0 Å². The first-order chi connectivity index (χ1) is 16.7. The number of benzene rings is 3. The van der Waals surface area contributed by atoms with Crippen LogP contribution in [0.4, 0.5) is 16.0 Å². The molecule has 2 N–H and O–H groups in total. The number of fused-ring (bicyclic) bond motifs is 1. The Morgan fingerprint density at radius 3 is 2.51 bits per heavy atom. The molecule has 4 aromatic rings. The first-order valence-electron chi connectivity index (χ1n) is 10.7. The highest BCUT2D eigenvalue weighted by Gasteiger charge is 2.48. The second-order valence-corrected chi connectivity index (χ2v) is 8.82. The van der Waals surface area contributed by atoms with Gasteiger partial charge in [-0.1, -0.05) is 35.9 Å². The van der Waals surface area contributed by atoms with Crippen molar-refractivity contribution in [3.8, 4) is 0 Å². The molecule has 0 aliphatic carbocycles.